The highest BCUT2D eigenvalue weighted by atomic mass is 35.5. The predicted molar refractivity (Wildman–Crippen MR) is 92.7 cm³/mol. The van der Waals surface area contributed by atoms with Crippen LogP contribution in [0, 0.1) is 0 Å². The molecule has 1 aliphatic rings. The number of halogens is 1. The highest BCUT2D eigenvalue weighted by Gasteiger charge is 2.33. The van der Waals surface area contributed by atoms with E-state index in [2.05, 4.69) is 0 Å². The number of aromatic nitrogens is 1. The predicted octanol–water partition coefficient (Wildman–Crippen LogP) is 3.63. The van der Waals surface area contributed by atoms with Gasteiger partial charge in [0.05, 0.1) is 17.5 Å². The van der Waals surface area contributed by atoms with Crippen molar-refractivity contribution in [2.24, 2.45) is 7.05 Å². The molecule has 1 aromatic heterocycles. The molecule has 1 aliphatic heterocycles. The van der Waals surface area contributed by atoms with E-state index in [4.69, 9.17) is 16.3 Å². The Morgan fingerprint density at radius 1 is 1.08 bits per heavy atom. The number of pyridine rings is 1. The Morgan fingerprint density at radius 3 is 2.54 bits per heavy atom. The number of aryl methyl sites for hydroxylation is 1. The molecular weight excluding hydrogens is 326 g/mol. The number of esters is 1. The molecule has 0 saturated heterocycles. The van der Waals surface area contributed by atoms with E-state index in [0.717, 1.165) is 16.5 Å². The lowest BCUT2D eigenvalue weighted by atomic mass is 9.86. The van der Waals surface area contributed by atoms with Crippen molar-refractivity contribution in [3.05, 3.63) is 75.0 Å². The largest absolute Gasteiger partial charge is 0.425 e. The number of para-hydroxylation sites is 1. The number of fused-ring (bicyclic) bond motifs is 3. The molecule has 120 valence electrons. The third-order valence-corrected chi connectivity index (χ3v) is 4.75. The Morgan fingerprint density at radius 2 is 1.79 bits per heavy atom. The first-order chi connectivity index (χ1) is 11.6. The lowest BCUT2D eigenvalue weighted by Gasteiger charge is -2.26. The van der Waals surface area contributed by atoms with Crippen LogP contribution in [0.5, 0.6) is 5.75 Å². The SMILES string of the molecule is Cn1c(=O)c2c(c3ccccc31)OC(=O)C[C@H]2c1ccc(Cl)cc1. The van der Waals surface area contributed by atoms with Gasteiger partial charge in [0.25, 0.3) is 5.56 Å². The highest BCUT2D eigenvalue weighted by Crippen LogP contribution is 2.40. The maximum absolute atomic E-state index is 12.9. The van der Waals surface area contributed by atoms with E-state index in [-0.39, 0.29) is 23.9 Å². The molecule has 24 heavy (non-hydrogen) atoms. The van der Waals surface area contributed by atoms with Crippen molar-refractivity contribution in [1.29, 1.82) is 0 Å². The fraction of sp³-hybridized carbons (Fsp3) is 0.158. The van der Waals surface area contributed by atoms with Gasteiger partial charge in [0.15, 0.2) is 0 Å². The van der Waals surface area contributed by atoms with Crippen LogP contribution in [0.15, 0.2) is 53.3 Å². The molecule has 2 aromatic carbocycles. The fourth-order valence-corrected chi connectivity index (χ4v) is 3.44. The second-order valence-corrected chi connectivity index (χ2v) is 6.34. The minimum atomic E-state index is -0.333. The average Bonchev–Trinajstić information content (AvgIpc) is 2.59. The zero-order valence-corrected chi connectivity index (χ0v) is 13.7. The van der Waals surface area contributed by atoms with Crippen molar-refractivity contribution in [3.63, 3.8) is 0 Å². The van der Waals surface area contributed by atoms with Crippen molar-refractivity contribution >= 4 is 28.5 Å². The molecule has 0 fully saturated rings. The van der Waals surface area contributed by atoms with Gasteiger partial charge in [-0.3, -0.25) is 9.59 Å². The van der Waals surface area contributed by atoms with Crippen LogP contribution in [0.3, 0.4) is 0 Å². The number of carbonyl (C=O) groups is 1. The number of hydrogen-bond donors (Lipinski definition) is 0. The Labute approximate surface area is 143 Å². The Bertz CT molecular complexity index is 1020. The van der Waals surface area contributed by atoms with Crippen LogP contribution in [0.1, 0.15) is 23.5 Å². The summed E-state index contributed by atoms with van der Waals surface area (Å²) >= 11 is 5.96. The van der Waals surface area contributed by atoms with E-state index in [0.29, 0.717) is 16.3 Å². The molecule has 0 saturated carbocycles. The zero-order chi connectivity index (χ0) is 16.8. The van der Waals surface area contributed by atoms with Gasteiger partial charge in [-0.1, -0.05) is 35.9 Å². The van der Waals surface area contributed by atoms with Gasteiger partial charge in [-0.05, 0) is 29.8 Å². The van der Waals surface area contributed by atoms with Crippen molar-refractivity contribution in [2.75, 3.05) is 0 Å². The van der Waals surface area contributed by atoms with Crippen LogP contribution in [0.4, 0.5) is 0 Å². The maximum atomic E-state index is 12.9. The quantitative estimate of drug-likeness (QED) is 0.636. The third-order valence-electron chi connectivity index (χ3n) is 4.50. The molecule has 0 N–H and O–H groups in total. The summed E-state index contributed by atoms with van der Waals surface area (Å²) in [4.78, 5) is 25.1. The van der Waals surface area contributed by atoms with Crippen LogP contribution >= 0.6 is 11.6 Å². The molecule has 0 spiro atoms. The minimum Gasteiger partial charge on any atom is -0.425 e. The summed E-state index contributed by atoms with van der Waals surface area (Å²) in [5.41, 5.74) is 2.00. The molecule has 4 rings (SSSR count). The Kier molecular flexibility index (Phi) is 3.43. The van der Waals surface area contributed by atoms with E-state index in [9.17, 15) is 9.59 Å². The summed E-state index contributed by atoms with van der Waals surface area (Å²) in [5, 5.41) is 1.38. The van der Waals surface area contributed by atoms with Crippen LogP contribution in [0.25, 0.3) is 10.9 Å². The molecule has 0 bridgehead atoms. The number of rotatable bonds is 1. The number of ether oxygens (including phenoxy) is 1. The summed E-state index contributed by atoms with van der Waals surface area (Å²) < 4.78 is 7.09. The van der Waals surface area contributed by atoms with Gasteiger partial charge in [-0.15, -0.1) is 0 Å². The van der Waals surface area contributed by atoms with Gasteiger partial charge in [0, 0.05) is 23.4 Å². The summed E-state index contributed by atoms with van der Waals surface area (Å²) in [6.07, 6.45) is 0.141. The van der Waals surface area contributed by atoms with E-state index in [1.807, 2.05) is 36.4 Å². The molecule has 3 aromatic rings. The lowest BCUT2D eigenvalue weighted by molar-refractivity contribution is -0.135. The van der Waals surface area contributed by atoms with Crippen molar-refractivity contribution < 1.29 is 9.53 Å². The van der Waals surface area contributed by atoms with Gasteiger partial charge in [-0.25, -0.2) is 0 Å². The first-order valence-electron chi connectivity index (χ1n) is 7.64. The lowest BCUT2D eigenvalue weighted by Crippen LogP contribution is -2.31. The van der Waals surface area contributed by atoms with Gasteiger partial charge in [-0.2, -0.15) is 0 Å². The molecule has 5 heteroatoms. The first-order valence-corrected chi connectivity index (χ1v) is 8.02. The summed E-state index contributed by atoms with van der Waals surface area (Å²) in [7, 11) is 1.74. The minimum absolute atomic E-state index is 0.141. The monoisotopic (exact) mass is 339 g/mol. The summed E-state index contributed by atoms with van der Waals surface area (Å²) in [6.45, 7) is 0. The van der Waals surface area contributed by atoms with Gasteiger partial charge < -0.3 is 9.30 Å². The van der Waals surface area contributed by atoms with Crippen molar-refractivity contribution in [2.45, 2.75) is 12.3 Å². The standard InChI is InChI=1S/C19H14ClNO3/c1-21-15-5-3-2-4-13(15)18-17(19(21)23)14(10-16(22)24-18)11-6-8-12(20)9-7-11/h2-9,14H,10H2,1H3/t14-/m0/s1. The second-order valence-electron chi connectivity index (χ2n) is 5.91. The summed E-state index contributed by atoms with van der Waals surface area (Å²) in [6, 6.07) is 14.7. The Hall–Kier alpha value is -2.59. The second kappa shape index (κ2) is 5.49. The number of nitrogens with zero attached hydrogens (tertiary/aromatic N) is 1. The summed E-state index contributed by atoms with van der Waals surface area (Å²) in [5.74, 6) is -0.285. The molecule has 0 unspecified atom stereocenters. The topological polar surface area (TPSA) is 48.3 Å². The van der Waals surface area contributed by atoms with E-state index >= 15 is 0 Å². The Balaban J connectivity index is 2.05. The first kappa shape index (κ1) is 15.0. The van der Waals surface area contributed by atoms with Crippen molar-refractivity contribution in [1.82, 2.24) is 4.57 Å². The van der Waals surface area contributed by atoms with Gasteiger partial charge in [0.2, 0.25) is 0 Å². The highest BCUT2D eigenvalue weighted by molar-refractivity contribution is 6.30. The van der Waals surface area contributed by atoms with E-state index < -0.39 is 0 Å². The van der Waals surface area contributed by atoms with Gasteiger partial charge >= 0.3 is 5.97 Å². The van der Waals surface area contributed by atoms with E-state index in [1.54, 1.807) is 23.7 Å². The average molecular weight is 340 g/mol. The molecule has 0 aliphatic carbocycles. The molecule has 2 heterocycles. The van der Waals surface area contributed by atoms with Crippen LogP contribution < -0.4 is 10.3 Å². The van der Waals surface area contributed by atoms with Crippen LogP contribution in [-0.2, 0) is 11.8 Å². The smallest absolute Gasteiger partial charge is 0.312 e. The molecule has 0 radical (unpaired) electrons. The zero-order valence-electron chi connectivity index (χ0n) is 13.0. The van der Waals surface area contributed by atoms with Crippen LogP contribution in [-0.4, -0.2) is 10.5 Å². The number of benzene rings is 2. The normalized spacial score (nSPS) is 16.8. The van der Waals surface area contributed by atoms with Crippen molar-refractivity contribution in [3.8, 4) is 5.75 Å². The molecule has 4 nitrogen and oxygen atoms in total. The molecule has 1 atom stereocenters. The molecule has 0 amide bonds. The fourth-order valence-electron chi connectivity index (χ4n) is 3.31. The maximum Gasteiger partial charge on any atom is 0.312 e. The van der Waals surface area contributed by atoms with Crippen LogP contribution in [0.2, 0.25) is 5.02 Å². The van der Waals surface area contributed by atoms with E-state index in [1.165, 1.54) is 0 Å². The van der Waals surface area contributed by atoms with Gasteiger partial charge in [0.1, 0.15) is 5.75 Å². The number of hydrogen-bond acceptors (Lipinski definition) is 3. The number of carbonyl (C=O) groups excluding carboxylic acids is 1. The third kappa shape index (κ3) is 2.22. The molecular formula is C19H14ClNO3.